The Hall–Kier alpha value is -1.44. The van der Waals surface area contributed by atoms with E-state index < -0.39 is 0 Å². The van der Waals surface area contributed by atoms with Gasteiger partial charge >= 0.3 is 0 Å². The van der Waals surface area contributed by atoms with Crippen LogP contribution in [0.4, 0.5) is 5.69 Å². The number of nitrogens with zero attached hydrogens (tertiary/aromatic N) is 4. The summed E-state index contributed by atoms with van der Waals surface area (Å²) < 4.78 is 7.22. The van der Waals surface area contributed by atoms with Crippen molar-refractivity contribution in [2.45, 2.75) is 19.1 Å². The minimum atomic E-state index is -0.127. The van der Waals surface area contributed by atoms with Gasteiger partial charge in [0, 0.05) is 37.3 Å². The lowest BCUT2D eigenvalue weighted by molar-refractivity contribution is 0.121. The van der Waals surface area contributed by atoms with Crippen molar-refractivity contribution < 1.29 is 4.74 Å². The van der Waals surface area contributed by atoms with E-state index in [-0.39, 0.29) is 11.7 Å². The molecule has 21 heavy (non-hydrogen) atoms. The van der Waals surface area contributed by atoms with Gasteiger partial charge in [0.1, 0.15) is 0 Å². The van der Waals surface area contributed by atoms with Gasteiger partial charge in [0.15, 0.2) is 4.47 Å². The maximum absolute atomic E-state index is 12.2. The number of hydrogen-bond acceptors (Lipinski definition) is 6. The first-order valence-corrected chi connectivity index (χ1v) is 7.80. The fourth-order valence-corrected chi connectivity index (χ4v) is 3.34. The molecule has 3 rings (SSSR count). The van der Waals surface area contributed by atoms with E-state index in [4.69, 9.17) is 16.3 Å². The minimum absolute atomic E-state index is 0.127. The summed E-state index contributed by atoms with van der Waals surface area (Å²) in [5.41, 5.74) is 0.719. The first-order valence-electron chi connectivity index (χ1n) is 6.61. The second-order valence-electron chi connectivity index (χ2n) is 4.88. The number of hydrogen-bond donors (Lipinski definition) is 0. The molecule has 0 spiro atoms. The van der Waals surface area contributed by atoms with Crippen LogP contribution in [0.3, 0.4) is 0 Å². The predicted molar refractivity (Wildman–Crippen MR) is 82.4 cm³/mol. The molecule has 0 aromatic carbocycles. The third-order valence-electron chi connectivity index (χ3n) is 3.53. The normalized spacial score (nSPS) is 18.4. The first kappa shape index (κ1) is 14.5. The molecule has 0 saturated carbocycles. The van der Waals surface area contributed by atoms with Crippen LogP contribution in [-0.2, 0) is 11.3 Å². The summed E-state index contributed by atoms with van der Waals surface area (Å²) in [5, 5.41) is 4.24. The van der Waals surface area contributed by atoms with Gasteiger partial charge in [-0.25, -0.2) is 9.67 Å². The molecule has 0 aliphatic carbocycles. The third kappa shape index (κ3) is 3.25. The van der Waals surface area contributed by atoms with Crippen LogP contribution in [0.5, 0.6) is 0 Å². The van der Waals surface area contributed by atoms with Crippen LogP contribution in [-0.4, -0.2) is 41.1 Å². The SMILES string of the molecule is COC1CCN(c2cnn(Cc3cnc(Cl)s3)c(=O)c2)C1. The Morgan fingerprint density at radius 2 is 2.38 bits per heavy atom. The molecule has 0 radical (unpaired) electrons. The summed E-state index contributed by atoms with van der Waals surface area (Å²) in [6.07, 6.45) is 4.59. The van der Waals surface area contributed by atoms with E-state index in [0.29, 0.717) is 11.0 Å². The molecule has 1 fully saturated rings. The van der Waals surface area contributed by atoms with Crippen LogP contribution in [0.15, 0.2) is 23.3 Å². The highest BCUT2D eigenvalue weighted by atomic mass is 35.5. The van der Waals surface area contributed by atoms with Gasteiger partial charge in [0.05, 0.1) is 24.5 Å². The van der Waals surface area contributed by atoms with Crippen molar-refractivity contribution in [3.63, 3.8) is 0 Å². The molecule has 8 heteroatoms. The van der Waals surface area contributed by atoms with Gasteiger partial charge in [-0.2, -0.15) is 5.10 Å². The molecule has 1 aliphatic rings. The molecule has 0 N–H and O–H groups in total. The van der Waals surface area contributed by atoms with Crippen molar-refractivity contribution in [2.24, 2.45) is 0 Å². The summed E-state index contributed by atoms with van der Waals surface area (Å²) in [5.74, 6) is 0. The van der Waals surface area contributed by atoms with Gasteiger partial charge < -0.3 is 9.64 Å². The van der Waals surface area contributed by atoms with Crippen LogP contribution in [0.25, 0.3) is 0 Å². The van der Waals surface area contributed by atoms with Crippen molar-refractivity contribution >= 4 is 28.6 Å². The predicted octanol–water partition coefficient (Wildman–Crippen LogP) is 1.63. The molecular weight excluding hydrogens is 312 g/mol. The molecule has 3 heterocycles. The van der Waals surface area contributed by atoms with Crippen LogP contribution in [0.2, 0.25) is 4.47 Å². The number of anilines is 1. The van der Waals surface area contributed by atoms with Crippen molar-refractivity contribution in [3.05, 3.63) is 38.2 Å². The number of thiazole rings is 1. The van der Waals surface area contributed by atoms with Crippen LogP contribution < -0.4 is 10.5 Å². The lowest BCUT2D eigenvalue weighted by Gasteiger charge is -2.17. The molecule has 0 bridgehead atoms. The van der Waals surface area contributed by atoms with E-state index in [1.54, 1.807) is 25.6 Å². The molecule has 1 atom stereocenters. The molecule has 112 valence electrons. The highest BCUT2D eigenvalue weighted by Gasteiger charge is 2.22. The standard InChI is InChI=1S/C13H15ClN4O2S/c1-20-10-2-3-17(7-10)9-4-12(19)18(16-5-9)8-11-6-15-13(14)21-11/h4-6,10H,2-3,7-8H2,1H3. The topological polar surface area (TPSA) is 60.2 Å². The average molecular weight is 327 g/mol. The Kier molecular flexibility index (Phi) is 4.23. The van der Waals surface area contributed by atoms with Gasteiger partial charge in [0.25, 0.3) is 5.56 Å². The van der Waals surface area contributed by atoms with E-state index in [1.807, 2.05) is 0 Å². The minimum Gasteiger partial charge on any atom is -0.380 e. The fourth-order valence-electron chi connectivity index (χ4n) is 2.38. The number of aromatic nitrogens is 3. The van der Waals surface area contributed by atoms with Gasteiger partial charge in [-0.15, -0.1) is 11.3 Å². The molecule has 2 aromatic heterocycles. The van der Waals surface area contributed by atoms with E-state index >= 15 is 0 Å². The van der Waals surface area contributed by atoms with Crippen molar-refractivity contribution in [2.75, 3.05) is 25.1 Å². The van der Waals surface area contributed by atoms with Crippen LogP contribution >= 0.6 is 22.9 Å². The first-order chi connectivity index (χ1) is 10.2. The molecule has 1 saturated heterocycles. The largest absolute Gasteiger partial charge is 0.380 e. The highest BCUT2D eigenvalue weighted by Crippen LogP contribution is 2.20. The van der Waals surface area contributed by atoms with Gasteiger partial charge in [-0.05, 0) is 6.42 Å². The van der Waals surface area contributed by atoms with E-state index in [2.05, 4.69) is 15.0 Å². The zero-order chi connectivity index (χ0) is 14.8. The van der Waals surface area contributed by atoms with E-state index in [9.17, 15) is 4.79 Å². The Balaban J connectivity index is 1.75. The Bertz CT molecular complexity index is 687. The molecule has 1 unspecified atom stereocenters. The number of ether oxygens (including phenoxy) is 1. The van der Waals surface area contributed by atoms with Crippen molar-refractivity contribution in [1.29, 1.82) is 0 Å². The van der Waals surface area contributed by atoms with E-state index in [1.165, 1.54) is 16.0 Å². The fraction of sp³-hybridized carbons (Fsp3) is 0.462. The quantitative estimate of drug-likeness (QED) is 0.854. The maximum atomic E-state index is 12.2. The average Bonchev–Trinajstić information content (AvgIpc) is 3.10. The van der Waals surface area contributed by atoms with Gasteiger partial charge in [0.2, 0.25) is 0 Å². The Morgan fingerprint density at radius 3 is 3.00 bits per heavy atom. The Morgan fingerprint density at radius 1 is 1.52 bits per heavy atom. The molecule has 0 amide bonds. The second kappa shape index (κ2) is 6.13. The van der Waals surface area contributed by atoms with Crippen molar-refractivity contribution in [1.82, 2.24) is 14.8 Å². The highest BCUT2D eigenvalue weighted by molar-refractivity contribution is 7.15. The second-order valence-corrected chi connectivity index (χ2v) is 6.58. The van der Waals surface area contributed by atoms with Crippen molar-refractivity contribution in [3.8, 4) is 0 Å². The lowest BCUT2D eigenvalue weighted by atomic mass is 10.3. The maximum Gasteiger partial charge on any atom is 0.269 e. The third-order valence-corrected chi connectivity index (χ3v) is 4.63. The van der Waals surface area contributed by atoms with Crippen LogP contribution in [0.1, 0.15) is 11.3 Å². The molecular formula is C13H15ClN4O2S. The monoisotopic (exact) mass is 326 g/mol. The number of rotatable bonds is 4. The number of methoxy groups -OCH3 is 1. The zero-order valence-corrected chi connectivity index (χ0v) is 13.1. The van der Waals surface area contributed by atoms with Crippen LogP contribution in [0, 0.1) is 0 Å². The zero-order valence-electron chi connectivity index (χ0n) is 11.5. The summed E-state index contributed by atoms with van der Waals surface area (Å²) in [7, 11) is 1.71. The van der Waals surface area contributed by atoms with Gasteiger partial charge in [-0.3, -0.25) is 4.79 Å². The Labute approximate surface area is 130 Å². The summed E-state index contributed by atoms with van der Waals surface area (Å²) in [4.78, 5) is 19.1. The summed E-state index contributed by atoms with van der Waals surface area (Å²) in [6.45, 7) is 2.07. The van der Waals surface area contributed by atoms with E-state index in [0.717, 1.165) is 30.1 Å². The molecule has 2 aromatic rings. The van der Waals surface area contributed by atoms with Gasteiger partial charge in [-0.1, -0.05) is 11.6 Å². The molecule has 6 nitrogen and oxygen atoms in total. The molecule has 1 aliphatic heterocycles. The summed E-state index contributed by atoms with van der Waals surface area (Å²) in [6, 6.07) is 1.62. The summed E-state index contributed by atoms with van der Waals surface area (Å²) >= 11 is 7.14. The lowest BCUT2D eigenvalue weighted by Crippen LogP contribution is -2.27. The number of halogens is 1. The smallest absolute Gasteiger partial charge is 0.269 e.